The molecule has 0 aliphatic heterocycles. The molecule has 6 atom stereocenters. The monoisotopic (exact) mass is 330 g/mol. The third kappa shape index (κ3) is 5.65. The van der Waals surface area contributed by atoms with Gasteiger partial charge in [0.1, 0.15) is 0 Å². The Balaban J connectivity index is 4.80. The van der Waals surface area contributed by atoms with E-state index in [1.54, 1.807) is 13.8 Å². The molecule has 0 amide bonds. The van der Waals surface area contributed by atoms with Crippen molar-refractivity contribution in [3.8, 4) is 0 Å². The molecule has 0 spiro atoms. The second-order valence-corrected chi connectivity index (χ2v) is 6.29. The maximum Gasteiger partial charge on any atom is 0.316 e. The molecule has 0 aliphatic rings. The highest BCUT2D eigenvalue weighted by Gasteiger charge is 2.34. The number of hydrogen-bond acceptors (Lipinski definition) is 5. The molecule has 0 aromatic rings. The van der Waals surface area contributed by atoms with Crippen molar-refractivity contribution < 1.29 is 34.1 Å². The van der Waals surface area contributed by atoms with Crippen molar-refractivity contribution in [2.75, 3.05) is 0 Å². The molecule has 6 unspecified atom stereocenters. The average Bonchev–Trinajstić information content (AvgIpc) is 2.49. The number of rotatable bonds is 8. The molecule has 2 N–H and O–H groups in total. The number of ether oxygens (including phenoxy) is 1. The highest BCUT2D eigenvalue weighted by molar-refractivity contribution is 5.88. The molecule has 0 radical (unpaired) electrons. The van der Waals surface area contributed by atoms with Gasteiger partial charge in [0.2, 0.25) is 0 Å². The van der Waals surface area contributed by atoms with E-state index in [1.807, 2.05) is 0 Å². The van der Waals surface area contributed by atoms with Gasteiger partial charge in [-0.05, 0) is 11.8 Å². The van der Waals surface area contributed by atoms with Gasteiger partial charge in [-0.1, -0.05) is 41.5 Å². The second-order valence-electron chi connectivity index (χ2n) is 6.29. The number of carbonyl (C=O) groups excluding carboxylic acids is 2. The third-order valence-corrected chi connectivity index (χ3v) is 4.88. The van der Waals surface area contributed by atoms with E-state index in [4.69, 9.17) is 14.9 Å². The van der Waals surface area contributed by atoms with Crippen LogP contribution in [0.25, 0.3) is 0 Å². The first-order valence-corrected chi connectivity index (χ1v) is 7.62. The summed E-state index contributed by atoms with van der Waals surface area (Å²) in [5.41, 5.74) is 0. The van der Waals surface area contributed by atoms with E-state index in [1.165, 1.54) is 27.7 Å². The van der Waals surface area contributed by atoms with Crippen molar-refractivity contribution in [3.05, 3.63) is 0 Å². The van der Waals surface area contributed by atoms with Gasteiger partial charge in [-0.2, -0.15) is 0 Å². The number of esters is 2. The quantitative estimate of drug-likeness (QED) is 0.516. The Morgan fingerprint density at radius 3 is 1.09 bits per heavy atom. The molecular weight excluding hydrogens is 304 g/mol. The van der Waals surface area contributed by atoms with Crippen LogP contribution in [0, 0.1) is 35.5 Å². The topological polar surface area (TPSA) is 118 Å². The lowest BCUT2D eigenvalue weighted by Crippen LogP contribution is -2.34. The van der Waals surface area contributed by atoms with Crippen molar-refractivity contribution in [1.29, 1.82) is 0 Å². The van der Waals surface area contributed by atoms with E-state index >= 15 is 0 Å². The van der Waals surface area contributed by atoms with Crippen molar-refractivity contribution >= 4 is 23.9 Å². The molecule has 0 saturated carbocycles. The maximum absolute atomic E-state index is 12.0. The Kier molecular flexibility index (Phi) is 7.92. The van der Waals surface area contributed by atoms with Crippen LogP contribution in [0.15, 0.2) is 0 Å². The Labute approximate surface area is 136 Å². The van der Waals surface area contributed by atoms with Gasteiger partial charge in [-0.25, -0.2) is 0 Å². The molecule has 0 bridgehead atoms. The molecule has 23 heavy (non-hydrogen) atoms. The summed E-state index contributed by atoms with van der Waals surface area (Å²) >= 11 is 0. The summed E-state index contributed by atoms with van der Waals surface area (Å²) in [6.45, 7) is 9.19. The minimum atomic E-state index is -1.03. The van der Waals surface area contributed by atoms with Crippen molar-refractivity contribution in [1.82, 2.24) is 0 Å². The van der Waals surface area contributed by atoms with Crippen LogP contribution in [0.2, 0.25) is 0 Å². The smallest absolute Gasteiger partial charge is 0.316 e. The second kappa shape index (κ2) is 8.64. The summed E-state index contributed by atoms with van der Waals surface area (Å²) in [6, 6.07) is 0. The van der Waals surface area contributed by atoms with Crippen molar-refractivity contribution in [2.24, 2.45) is 35.5 Å². The Morgan fingerprint density at radius 2 is 0.870 bits per heavy atom. The zero-order valence-corrected chi connectivity index (χ0v) is 14.4. The lowest BCUT2D eigenvalue weighted by molar-refractivity contribution is -0.168. The molecule has 0 aromatic carbocycles. The van der Waals surface area contributed by atoms with Gasteiger partial charge in [-0.15, -0.1) is 0 Å². The number of carboxylic acid groups (broad SMARTS) is 2. The summed E-state index contributed by atoms with van der Waals surface area (Å²) in [7, 11) is 0. The highest BCUT2D eigenvalue weighted by atomic mass is 16.6. The van der Waals surface area contributed by atoms with Crippen LogP contribution in [-0.2, 0) is 23.9 Å². The van der Waals surface area contributed by atoms with E-state index in [0.29, 0.717) is 0 Å². The first kappa shape index (κ1) is 21.1. The number of hydrogen-bond donors (Lipinski definition) is 2. The molecule has 0 aliphatic carbocycles. The Bertz CT molecular complexity index is 429. The zero-order valence-electron chi connectivity index (χ0n) is 14.4. The van der Waals surface area contributed by atoms with E-state index in [2.05, 4.69) is 0 Å². The van der Waals surface area contributed by atoms with Gasteiger partial charge in [0.05, 0.1) is 23.7 Å². The average molecular weight is 330 g/mol. The van der Waals surface area contributed by atoms with Crippen LogP contribution >= 0.6 is 0 Å². The standard InChI is InChI=1S/C16H26O7/c1-7(9(3)13(17)18)11(5)15(21)23-16(22)12(6)8(2)10(4)14(19)20/h7-12H,1-6H3,(H,17,18)(H,19,20). The van der Waals surface area contributed by atoms with Gasteiger partial charge in [0.15, 0.2) is 0 Å². The predicted molar refractivity (Wildman–Crippen MR) is 81.4 cm³/mol. The van der Waals surface area contributed by atoms with Gasteiger partial charge in [-0.3, -0.25) is 19.2 Å². The van der Waals surface area contributed by atoms with E-state index < -0.39 is 59.4 Å². The van der Waals surface area contributed by atoms with E-state index in [0.717, 1.165) is 0 Å². The van der Waals surface area contributed by atoms with Crippen LogP contribution in [0.4, 0.5) is 0 Å². The molecule has 132 valence electrons. The largest absolute Gasteiger partial charge is 0.481 e. The first-order chi connectivity index (χ1) is 10.4. The minimum absolute atomic E-state index is 0.501. The van der Waals surface area contributed by atoms with E-state index in [9.17, 15) is 19.2 Å². The molecule has 0 rings (SSSR count). The van der Waals surface area contributed by atoms with Gasteiger partial charge >= 0.3 is 23.9 Å². The molecule has 0 heterocycles. The normalized spacial score (nSPS) is 18.9. The van der Waals surface area contributed by atoms with E-state index in [-0.39, 0.29) is 0 Å². The molecular formula is C16H26O7. The van der Waals surface area contributed by atoms with Crippen LogP contribution in [-0.4, -0.2) is 34.1 Å². The number of carboxylic acids is 2. The molecule has 7 nitrogen and oxygen atoms in total. The van der Waals surface area contributed by atoms with Gasteiger partial charge in [0.25, 0.3) is 0 Å². The third-order valence-electron chi connectivity index (χ3n) is 4.88. The zero-order chi connectivity index (χ0) is 18.5. The summed E-state index contributed by atoms with van der Waals surface area (Å²) < 4.78 is 4.81. The Morgan fingerprint density at radius 1 is 0.609 bits per heavy atom. The fraction of sp³-hybridized carbons (Fsp3) is 0.750. The molecule has 0 fully saturated rings. The van der Waals surface area contributed by atoms with Crippen LogP contribution < -0.4 is 0 Å². The molecule has 7 heteroatoms. The van der Waals surface area contributed by atoms with Crippen LogP contribution in [0.1, 0.15) is 41.5 Å². The lowest BCUT2D eigenvalue weighted by atomic mass is 9.84. The Hall–Kier alpha value is -1.92. The summed E-state index contributed by atoms with van der Waals surface area (Å²) in [5.74, 6) is -7.67. The molecule has 0 aromatic heterocycles. The molecule has 0 saturated heterocycles. The maximum atomic E-state index is 12.0. The SMILES string of the molecule is CC(C(=O)O)C(C)C(C)C(=O)OC(=O)C(C)C(C)C(C)C(=O)O. The minimum Gasteiger partial charge on any atom is -0.481 e. The van der Waals surface area contributed by atoms with Gasteiger partial charge < -0.3 is 14.9 Å². The van der Waals surface area contributed by atoms with Crippen LogP contribution in [0.5, 0.6) is 0 Å². The fourth-order valence-corrected chi connectivity index (χ4v) is 2.03. The summed E-state index contributed by atoms with van der Waals surface area (Å²) in [6.07, 6.45) is 0. The van der Waals surface area contributed by atoms with Gasteiger partial charge in [0, 0.05) is 0 Å². The van der Waals surface area contributed by atoms with Crippen molar-refractivity contribution in [2.45, 2.75) is 41.5 Å². The number of aliphatic carboxylic acids is 2. The van der Waals surface area contributed by atoms with Crippen LogP contribution in [0.3, 0.4) is 0 Å². The predicted octanol–water partition coefficient (Wildman–Crippen LogP) is 2.04. The first-order valence-electron chi connectivity index (χ1n) is 7.62. The summed E-state index contributed by atoms with van der Waals surface area (Å²) in [4.78, 5) is 45.9. The highest BCUT2D eigenvalue weighted by Crippen LogP contribution is 2.25. The lowest BCUT2D eigenvalue weighted by Gasteiger charge is -2.24. The summed E-state index contributed by atoms with van der Waals surface area (Å²) in [5, 5.41) is 17.9. The fourth-order valence-electron chi connectivity index (χ4n) is 2.03. The van der Waals surface area contributed by atoms with Crippen molar-refractivity contribution in [3.63, 3.8) is 0 Å². The number of carbonyl (C=O) groups is 4.